The van der Waals surface area contributed by atoms with Gasteiger partial charge in [-0.1, -0.05) is 17.7 Å². The number of carbonyl (C=O) groups is 1. The van der Waals surface area contributed by atoms with Crippen LogP contribution in [0.5, 0.6) is 11.5 Å². The van der Waals surface area contributed by atoms with Gasteiger partial charge >= 0.3 is 6.16 Å². The van der Waals surface area contributed by atoms with Gasteiger partial charge in [-0.3, -0.25) is 4.68 Å². The minimum Gasteiger partial charge on any atom is -0.490 e. The van der Waals surface area contributed by atoms with Crippen molar-refractivity contribution in [2.75, 3.05) is 6.61 Å². The second-order valence-electron chi connectivity index (χ2n) is 6.62. The van der Waals surface area contributed by atoms with Gasteiger partial charge in [-0.2, -0.15) is 5.10 Å². The predicted octanol–water partition coefficient (Wildman–Crippen LogP) is 4.92. The number of alkyl halides is 1. The summed E-state index contributed by atoms with van der Waals surface area (Å²) in [6.45, 7) is 3.09. The fourth-order valence-corrected chi connectivity index (χ4v) is 2.80. The molecule has 1 heterocycles. The molecular formula is C19H18ClFN2O4. The van der Waals surface area contributed by atoms with Gasteiger partial charge in [-0.05, 0) is 44.2 Å². The Morgan fingerprint density at radius 2 is 2.07 bits per heavy atom. The molecule has 3 aromatic rings. The molecule has 0 bridgehead atoms. The van der Waals surface area contributed by atoms with E-state index in [1.54, 1.807) is 41.1 Å². The molecule has 3 rings (SSSR count). The third kappa shape index (κ3) is 4.68. The number of ether oxygens (including phenoxy) is 2. The molecule has 0 saturated carbocycles. The highest BCUT2D eigenvalue weighted by Crippen LogP contribution is 2.29. The van der Waals surface area contributed by atoms with E-state index in [4.69, 9.17) is 26.2 Å². The number of carboxylic acid groups (broad SMARTS) is 1. The molecule has 0 radical (unpaired) electrons. The first-order valence-corrected chi connectivity index (χ1v) is 8.56. The zero-order valence-corrected chi connectivity index (χ0v) is 15.5. The molecule has 0 unspecified atom stereocenters. The van der Waals surface area contributed by atoms with Crippen LogP contribution >= 0.6 is 11.6 Å². The first kappa shape index (κ1) is 19.0. The Labute approximate surface area is 160 Å². The smallest absolute Gasteiger partial charge is 0.490 e. The highest BCUT2D eigenvalue weighted by atomic mass is 35.5. The van der Waals surface area contributed by atoms with Crippen LogP contribution in [0.15, 0.2) is 42.6 Å². The average molecular weight is 393 g/mol. The fraction of sp³-hybridized carbons (Fsp3) is 0.263. The van der Waals surface area contributed by atoms with Gasteiger partial charge in [-0.25, -0.2) is 9.18 Å². The van der Waals surface area contributed by atoms with Crippen LogP contribution in [0.2, 0.25) is 5.02 Å². The number of nitrogens with zero attached hydrogens (tertiary/aromatic N) is 2. The van der Waals surface area contributed by atoms with E-state index in [1.165, 1.54) is 20.0 Å². The molecule has 0 aliphatic rings. The summed E-state index contributed by atoms with van der Waals surface area (Å²) in [5.41, 5.74) is -0.0648. The van der Waals surface area contributed by atoms with Crippen LogP contribution in [0, 0.1) is 0 Å². The molecule has 2 aromatic carbocycles. The standard InChI is InChI=1S/C19H18ClFN2O4/c1-19(2,21)11-26-16-7-6-13(20)8-12(16)10-23-15-4-3-5-17(27-18(24)25)14(15)9-22-23/h3-9H,10-11H2,1-2H3,(H,24,25). The molecule has 0 aliphatic carbocycles. The molecular weight excluding hydrogens is 375 g/mol. The Balaban J connectivity index is 1.93. The molecule has 0 fully saturated rings. The minimum atomic E-state index is -1.47. The zero-order chi connectivity index (χ0) is 19.6. The number of rotatable bonds is 6. The monoisotopic (exact) mass is 392 g/mol. The fourth-order valence-electron chi connectivity index (χ4n) is 2.61. The van der Waals surface area contributed by atoms with Gasteiger partial charge in [0.2, 0.25) is 0 Å². The van der Waals surface area contributed by atoms with Crippen molar-refractivity contribution in [1.29, 1.82) is 0 Å². The molecule has 1 N–H and O–H groups in total. The van der Waals surface area contributed by atoms with E-state index < -0.39 is 11.8 Å². The molecule has 0 saturated heterocycles. The highest BCUT2D eigenvalue weighted by molar-refractivity contribution is 6.30. The Bertz CT molecular complexity index is 981. The molecule has 27 heavy (non-hydrogen) atoms. The maximum atomic E-state index is 13.8. The summed E-state index contributed by atoms with van der Waals surface area (Å²) < 4.78 is 25.9. The van der Waals surface area contributed by atoms with Crippen molar-refractivity contribution >= 4 is 28.7 Å². The number of benzene rings is 2. The van der Waals surface area contributed by atoms with Crippen molar-refractivity contribution in [3.05, 3.63) is 53.2 Å². The lowest BCUT2D eigenvalue weighted by molar-refractivity contribution is 0.120. The van der Waals surface area contributed by atoms with Gasteiger partial charge in [0.25, 0.3) is 0 Å². The molecule has 142 valence electrons. The molecule has 1 aromatic heterocycles. The summed E-state index contributed by atoms with van der Waals surface area (Å²) in [5.74, 6) is 0.708. The van der Waals surface area contributed by atoms with Crippen LogP contribution < -0.4 is 9.47 Å². The second kappa shape index (κ2) is 7.44. The van der Waals surface area contributed by atoms with Crippen molar-refractivity contribution in [1.82, 2.24) is 9.78 Å². The van der Waals surface area contributed by atoms with E-state index in [0.29, 0.717) is 28.2 Å². The summed E-state index contributed by atoms with van der Waals surface area (Å²) in [7, 11) is 0. The van der Waals surface area contributed by atoms with Gasteiger partial charge in [-0.15, -0.1) is 0 Å². The molecule has 6 nitrogen and oxygen atoms in total. The third-order valence-electron chi connectivity index (χ3n) is 3.76. The maximum Gasteiger partial charge on any atom is 0.511 e. The lowest BCUT2D eigenvalue weighted by Crippen LogP contribution is -2.23. The molecule has 0 amide bonds. The van der Waals surface area contributed by atoms with E-state index in [9.17, 15) is 9.18 Å². The quantitative estimate of drug-likeness (QED) is 0.476. The van der Waals surface area contributed by atoms with Gasteiger partial charge in [0.15, 0.2) is 0 Å². The third-order valence-corrected chi connectivity index (χ3v) is 3.99. The van der Waals surface area contributed by atoms with Crippen LogP contribution in [-0.4, -0.2) is 33.3 Å². The van der Waals surface area contributed by atoms with Crippen LogP contribution in [0.3, 0.4) is 0 Å². The van der Waals surface area contributed by atoms with Crippen molar-refractivity contribution in [2.24, 2.45) is 0 Å². The van der Waals surface area contributed by atoms with Crippen molar-refractivity contribution in [3.8, 4) is 11.5 Å². The lowest BCUT2D eigenvalue weighted by Gasteiger charge is -2.18. The summed E-state index contributed by atoms with van der Waals surface area (Å²) >= 11 is 6.10. The van der Waals surface area contributed by atoms with Crippen LogP contribution in [0.1, 0.15) is 19.4 Å². The van der Waals surface area contributed by atoms with Crippen LogP contribution in [-0.2, 0) is 6.54 Å². The lowest BCUT2D eigenvalue weighted by atomic mass is 10.1. The Morgan fingerprint density at radius 3 is 2.78 bits per heavy atom. The van der Waals surface area contributed by atoms with E-state index in [-0.39, 0.29) is 12.4 Å². The van der Waals surface area contributed by atoms with Crippen molar-refractivity contribution in [3.63, 3.8) is 0 Å². The SMILES string of the molecule is CC(C)(F)COc1ccc(Cl)cc1Cn1ncc2c(OC(=O)O)cccc21. The van der Waals surface area contributed by atoms with E-state index in [0.717, 1.165) is 5.56 Å². The molecule has 0 spiro atoms. The summed E-state index contributed by atoms with van der Waals surface area (Å²) in [5, 5.41) is 14.2. The van der Waals surface area contributed by atoms with Crippen LogP contribution in [0.4, 0.5) is 9.18 Å². The van der Waals surface area contributed by atoms with Gasteiger partial charge in [0.1, 0.15) is 23.8 Å². The Morgan fingerprint density at radius 1 is 1.30 bits per heavy atom. The van der Waals surface area contributed by atoms with E-state index in [2.05, 4.69) is 5.10 Å². The van der Waals surface area contributed by atoms with Gasteiger partial charge in [0, 0.05) is 10.6 Å². The molecule has 0 atom stereocenters. The molecule has 0 aliphatic heterocycles. The van der Waals surface area contributed by atoms with Crippen molar-refractivity contribution < 1.29 is 23.8 Å². The van der Waals surface area contributed by atoms with Crippen molar-refractivity contribution in [2.45, 2.75) is 26.1 Å². The summed E-state index contributed by atoms with van der Waals surface area (Å²) in [6.07, 6.45) is 0.137. The number of hydrogen-bond acceptors (Lipinski definition) is 4. The Hall–Kier alpha value is -2.80. The number of halogens is 2. The topological polar surface area (TPSA) is 73.6 Å². The largest absolute Gasteiger partial charge is 0.511 e. The minimum absolute atomic E-state index is 0.0991. The maximum absolute atomic E-state index is 13.8. The molecule has 8 heteroatoms. The predicted molar refractivity (Wildman–Crippen MR) is 99.6 cm³/mol. The zero-order valence-electron chi connectivity index (χ0n) is 14.8. The first-order valence-electron chi connectivity index (χ1n) is 8.18. The number of fused-ring (bicyclic) bond motifs is 1. The summed E-state index contributed by atoms with van der Waals surface area (Å²) in [4.78, 5) is 10.8. The Kier molecular flexibility index (Phi) is 5.23. The van der Waals surface area contributed by atoms with Gasteiger partial charge in [0.05, 0.1) is 23.6 Å². The number of aromatic nitrogens is 2. The van der Waals surface area contributed by atoms with Crippen LogP contribution in [0.25, 0.3) is 10.9 Å². The summed E-state index contributed by atoms with van der Waals surface area (Å²) in [6, 6.07) is 10.1. The van der Waals surface area contributed by atoms with E-state index in [1.807, 2.05) is 0 Å². The van der Waals surface area contributed by atoms with E-state index >= 15 is 0 Å². The normalized spacial score (nSPS) is 11.6. The average Bonchev–Trinajstić information content (AvgIpc) is 2.97. The second-order valence-corrected chi connectivity index (χ2v) is 7.05. The number of hydrogen-bond donors (Lipinski definition) is 1. The van der Waals surface area contributed by atoms with Gasteiger partial charge < -0.3 is 14.6 Å². The highest BCUT2D eigenvalue weighted by Gasteiger charge is 2.18. The first-order chi connectivity index (χ1) is 12.7.